The number of hydrogen-bond donors (Lipinski definition) is 5. The fourth-order valence-electron chi connectivity index (χ4n) is 2.80. The van der Waals surface area contributed by atoms with Gasteiger partial charge in [-0.25, -0.2) is 18.1 Å². The number of aliphatic hydroxyl groups excluding tert-OH is 3. The average Bonchev–Trinajstić information content (AvgIpc) is 3.15. The third-order valence-corrected chi connectivity index (χ3v) is 5.74. The van der Waals surface area contributed by atoms with Gasteiger partial charge in [0.25, 0.3) is 15.9 Å². The number of aryl methyl sites for hydroxylation is 1. The van der Waals surface area contributed by atoms with Gasteiger partial charge in [0, 0.05) is 0 Å². The smallest absolute Gasteiger partial charge is 0.287 e. The minimum absolute atomic E-state index is 0.104. The van der Waals surface area contributed by atoms with E-state index in [1.165, 1.54) is 12.1 Å². The summed E-state index contributed by atoms with van der Waals surface area (Å²) >= 11 is 0. The zero-order valence-electron chi connectivity index (χ0n) is 14.8. The number of aromatic nitrogens is 2. The van der Waals surface area contributed by atoms with Crippen LogP contribution < -0.4 is 10.5 Å². The zero-order chi connectivity index (χ0) is 20.6. The Labute approximate surface area is 160 Å². The second-order valence-corrected chi connectivity index (χ2v) is 8.04. The van der Waals surface area contributed by atoms with Gasteiger partial charge in [-0.1, -0.05) is 17.7 Å². The van der Waals surface area contributed by atoms with Crippen LogP contribution in [0.2, 0.25) is 0 Å². The van der Waals surface area contributed by atoms with Crippen molar-refractivity contribution in [3.8, 4) is 0 Å². The van der Waals surface area contributed by atoms with Gasteiger partial charge in [-0.2, -0.15) is 0 Å². The summed E-state index contributed by atoms with van der Waals surface area (Å²) in [6.07, 6.45) is -3.96. The fourth-order valence-corrected chi connectivity index (χ4v) is 3.76. The number of ether oxygens (including phenoxy) is 1. The molecule has 2 heterocycles. The predicted octanol–water partition coefficient (Wildman–Crippen LogP) is -1.50. The van der Waals surface area contributed by atoms with Crippen LogP contribution in [0.15, 0.2) is 35.5 Å². The molecule has 1 aliphatic rings. The molecule has 1 aromatic heterocycles. The second-order valence-electron chi connectivity index (χ2n) is 6.36. The van der Waals surface area contributed by atoms with Crippen LogP contribution in [-0.2, 0) is 14.8 Å². The monoisotopic (exact) mass is 412 g/mol. The molecule has 1 aromatic carbocycles. The lowest BCUT2D eigenvalue weighted by molar-refractivity contribution is -0.0518. The molecule has 0 unspecified atom stereocenters. The number of nitrogens with one attached hydrogen (secondary N) is 1. The van der Waals surface area contributed by atoms with Crippen molar-refractivity contribution in [2.45, 2.75) is 36.4 Å². The van der Waals surface area contributed by atoms with E-state index in [4.69, 9.17) is 15.6 Å². The number of anilines is 1. The molecule has 1 saturated heterocycles. The molecule has 0 saturated carbocycles. The van der Waals surface area contributed by atoms with E-state index in [2.05, 4.69) is 4.98 Å². The largest absolute Gasteiger partial charge is 0.394 e. The first-order chi connectivity index (χ1) is 13.2. The molecular formula is C16H20N4O7S. The van der Waals surface area contributed by atoms with Gasteiger partial charge in [0.1, 0.15) is 24.1 Å². The van der Waals surface area contributed by atoms with Crippen LogP contribution in [0.1, 0.15) is 22.3 Å². The molecule has 0 bridgehead atoms. The highest BCUT2D eigenvalue weighted by molar-refractivity contribution is 7.90. The van der Waals surface area contributed by atoms with E-state index in [0.29, 0.717) is 0 Å². The molecule has 11 nitrogen and oxygen atoms in total. The van der Waals surface area contributed by atoms with Crippen molar-refractivity contribution < 1.29 is 33.3 Å². The fraction of sp³-hybridized carbons (Fsp3) is 0.375. The second kappa shape index (κ2) is 7.48. The Bertz CT molecular complexity index is 973. The van der Waals surface area contributed by atoms with Gasteiger partial charge in [-0.05, 0) is 19.1 Å². The van der Waals surface area contributed by atoms with Gasteiger partial charge in [-0.15, -0.1) is 0 Å². The lowest BCUT2D eigenvalue weighted by atomic mass is 10.1. The van der Waals surface area contributed by atoms with Crippen LogP contribution in [-0.4, -0.2) is 64.1 Å². The Morgan fingerprint density at radius 1 is 1.29 bits per heavy atom. The quantitative estimate of drug-likeness (QED) is 0.391. The van der Waals surface area contributed by atoms with Crippen LogP contribution in [0, 0.1) is 6.92 Å². The number of benzene rings is 1. The summed E-state index contributed by atoms with van der Waals surface area (Å²) in [6, 6.07) is 5.88. The number of nitrogens with two attached hydrogens (primary N) is 1. The molecule has 3 rings (SSSR count). The van der Waals surface area contributed by atoms with E-state index in [-0.39, 0.29) is 10.7 Å². The maximum Gasteiger partial charge on any atom is 0.287 e. The Morgan fingerprint density at radius 2 is 1.93 bits per heavy atom. The summed E-state index contributed by atoms with van der Waals surface area (Å²) in [7, 11) is -4.14. The topological polar surface area (TPSA) is 177 Å². The van der Waals surface area contributed by atoms with Crippen molar-refractivity contribution in [3.63, 3.8) is 0 Å². The first-order valence-corrected chi connectivity index (χ1v) is 9.72. The Kier molecular flexibility index (Phi) is 5.41. The lowest BCUT2D eigenvalue weighted by Gasteiger charge is -2.17. The zero-order valence-corrected chi connectivity index (χ0v) is 15.6. The minimum atomic E-state index is -4.14. The van der Waals surface area contributed by atoms with Gasteiger partial charge in [-0.3, -0.25) is 9.36 Å². The molecule has 0 radical (unpaired) electrons. The van der Waals surface area contributed by atoms with E-state index >= 15 is 0 Å². The van der Waals surface area contributed by atoms with E-state index < -0.39 is 52.8 Å². The van der Waals surface area contributed by atoms with Gasteiger partial charge in [0.05, 0.1) is 17.8 Å². The van der Waals surface area contributed by atoms with E-state index in [9.17, 15) is 23.4 Å². The summed E-state index contributed by atoms with van der Waals surface area (Å²) in [5, 5.41) is 29.0. The summed E-state index contributed by atoms with van der Waals surface area (Å²) in [5.74, 6) is -1.34. The number of hydrogen-bond acceptors (Lipinski definition) is 9. The van der Waals surface area contributed by atoms with Crippen LogP contribution in [0.3, 0.4) is 0 Å². The van der Waals surface area contributed by atoms with Crippen LogP contribution in [0.5, 0.6) is 0 Å². The molecule has 152 valence electrons. The number of amides is 1. The molecule has 0 spiro atoms. The molecule has 1 aliphatic heterocycles. The number of nitrogen functional groups attached to an aromatic ring is 1. The Balaban J connectivity index is 1.82. The molecule has 2 aromatic rings. The van der Waals surface area contributed by atoms with Gasteiger partial charge < -0.3 is 25.8 Å². The molecule has 1 amide bonds. The number of imidazole rings is 1. The maximum absolute atomic E-state index is 12.4. The van der Waals surface area contributed by atoms with Gasteiger partial charge >= 0.3 is 0 Å². The Hall–Kier alpha value is -2.51. The third kappa shape index (κ3) is 3.59. The Morgan fingerprint density at radius 3 is 2.50 bits per heavy atom. The van der Waals surface area contributed by atoms with E-state index in [1.807, 2.05) is 4.72 Å². The van der Waals surface area contributed by atoms with Crippen molar-refractivity contribution in [1.29, 1.82) is 0 Å². The SMILES string of the molecule is Cc1ccc(S(=O)(=O)NC(=O)c2ncn([C@H]3O[C@@H](CO)[C@@H](O)[C@H]3O)c2N)cc1. The van der Waals surface area contributed by atoms with Crippen LogP contribution >= 0.6 is 0 Å². The molecule has 12 heteroatoms. The van der Waals surface area contributed by atoms with Gasteiger partial charge in [0.15, 0.2) is 11.9 Å². The molecule has 28 heavy (non-hydrogen) atoms. The van der Waals surface area contributed by atoms with E-state index in [1.54, 1.807) is 19.1 Å². The highest BCUT2D eigenvalue weighted by Gasteiger charge is 2.44. The standard InChI is InChI=1S/C16H20N4O7S/c1-8-2-4-9(5-3-8)28(25,26)19-15(24)11-14(17)20(7-18-11)16-13(23)12(22)10(6-21)27-16/h2-5,7,10,12-13,16,21-23H,6,17H2,1H3,(H,19,24)/t10-,12+,13+,16-/m0/s1. The van der Waals surface area contributed by atoms with Gasteiger partial charge in [0.2, 0.25) is 0 Å². The van der Waals surface area contributed by atoms with E-state index in [0.717, 1.165) is 16.5 Å². The molecule has 0 aliphatic carbocycles. The lowest BCUT2D eigenvalue weighted by Crippen LogP contribution is -2.33. The minimum Gasteiger partial charge on any atom is -0.394 e. The highest BCUT2D eigenvalue weighted by Crippen LogP contribution is 2.31. The number of carbonyl (C=O) groups is 1. The summed E-state index contributed by atoms with van der Waals surface area (Å²) in [4.78, 5) is 16.1. The third-order valence-electron chi connectivity index (χ3n) is 4.40. The summed E-state index contributed by atoms with van der Waals surface area (Å²) in [5.41, 5.74) is 6.32. The molecule has 1 fully saturated rings. The van der Waals surface area contributed by atoms with Crippen molar-refractivity contribution in [3.05, 3.63) is 41.9 Å². The highest BCUT2D eigenvalue weighted by atomic mass is 32.2. The summed E-state index contributed by atoms with van der Waals surface area (Å²) < 4.78 is 33.0. The number of nitrogens with zero attached hydrogens (tertiary/aromatic N) is 2. The van der Waals surface area contributed by atoms with Crippen molar-refractivity contribution in [1.82, 2.24) is 14.3 Å². The number of aliphatic hydroxyl groups is 3. The molecular weight excluding hydrogens is 392 g/mol. The number of carbonyl (C=O) groups excluding carboxylic acids is 1. The van der Waals surface area contributed by atoms with Crippen molar-refractivity contribution in [2.75, 3.05) is 12.3 Å². The van der Waals surface area contributed by atoms with Crippen molar-refractivity contribution in [2.24, 2.45) is 0 Å². The molecule has 4 atom stereocenters. The first-order valence-electron chi connectivity index (χ1n) is 8.24. The predicted molar refractivity (Wildman–Crippen MR) is 95.5 cm³/mol. The normalized spacial score (nSPS) is 25.0. The summed E-state index contributed by atoms with van der Waals surface area (Å²) in [6.45, 7) is 1.26. The first kappa shape index (κ1) is 20.2. The van der Waals surface area contributed by atoms with Crippen LogP contribution in [0.4, 0.5) is 5.82 Å². The molecule has 6 N–H and O–H groups in total. The number of sulfonamides is 1. The average molecular weight is 412 g/mol. The maximum atomic E-state index is 12.4. The number of rotatable bonds is 5. The van der Waals surface area contributed by atoms with Crippen LogP contribution in [0.25, 0.3) is 0 Å². The van der Waals surface area contributed by atoms with Crippen molar-refractivity contribution >= 4 is 21.7 Å².